The molecule has 0 saturated heterocycles. The Hall–Kier alpha value is -1.44. The summed E-state index contributed by atoms with van der Waals surface area (Å²) in [7, 11) is 0. The standard InChI is InChI=1S/C16H20F2N2O3.ClH/c17-11-2-1-10(7-12(11)18)23-9-14(22)20-15-3-5-16(19,6-4-15)13(21)8-15;/h1-2,7,13,21H,3-6,8-9,19H2,(H,20,22);1H. The summed E-state index contributed by atoms with van der Waals surface area (Å²) >= 11 is 0. The largest absolute Gasteiger partial charge is 0.484 e. The molecular weight excluding hydrogens is 342 g/mol. The second-order valence-electron chi connectivity index (χ2n) is 6.65. The number of ether oxygens (including phenoxy) is 1. The van der Waals surface area contributed by atoms with Gasteiger partial charge in [0.2, 0.25) is 0 Å². The highest BCUT2D eigenvalue weighted by Gasteiger charge is 2.52. The molecule has 0 aromatic heterocycles. The predicted molar refractivity (Wildman–Crippen MR) is 86.0 cm³/mol. The van der Waals surface area contributed by atoms with Crippen LogP contribution < -0.4 is 15.8 Å². The number of carbonyl (C=O) groups excluding carboxylic acids is 1. The minimum atomic E-state index is -1.02. The Bertz CT molecular complexity index is 621. The summed E-state index contributed by atoms with van der Waals surface area (Å²) in [5.74, 6) is -2.26. The van der Waals surface area contributed by atoms with Crippen LogP contribution in [0.4, 0.5) is 8.78 Å². The Morgan fingerprint density at radius 1 is 1.29 bits per heavy atom. The molecule has 0 aliphatic heterocycles. The first kappa shape index (κ1) is 18.9. The average molecular weight is 363 g/mol. The minimum Gasteiger partial charge on any atom is -0.484 e. The second kappa shape index (κ2) is 6.82. The second-order valence-corrected chi connectivity index (χ2v) is 6.65. The van der Waals surface area contributed by atoms with Crippen molar-refractivity contribution in [2.45, 2.75) is 49.3 Å². The van der Waals surface area contributed by atoms with Crippen molar-refractivity contribution in [2.75, 3.05) is 6.61 Å². The van der Waals surface area contributed by atoms with Crippen LogP contribution in [-0.2, 0) is 4.79 Å². The Kier molecular flexibility index (Phi) is 5.37. The molecule has 1 atom stereocenters. The summed E-state index contributed by atoms with van der Waals surface area (Å²) in [4.78, 5) is 12.1. The Labute approximate surface area is 145 Å². The normalized spacial score (nSPS) is 31.2. The fourth-order valence-corrected chi connectivity index (χ4v) is 3.53. The number of nitrogens with two attached hydrogens (primary N) is 1. The Morgan fingerprint density at radius 3 is 2.54 bits per heavy atom. The molecule has 1 unspecified atom stereocenters. The first-order valence-corrected chi connectivity index (χ1v) is 7.68. The molecule has 0 spiro atoms. The van der Waals surface area contributed by atoms with Crippen LogP contribution in [0.25, 0.3) is 0 Å². The van der Waals surface area contributed by atoms with Crippen LogP contribution in [0.15, 0.2) is 18.2 Å². The number of benzene rings is 1. The summed E-state index contributed by atoms with van der Waals surface area (Å²) in [6.45, 7) is -0.295. The van der Waals surface area contributed by atoms with Crippen molar-refractivity contribution in [1.82, 2.24) is 5.32 Å². The minimum absolute atomic E-state index is 0. The number of aliphatic hydroxyl groups excluding tert-OH is 1. The number of amides is 1. The van der Waals surface area contributed by atoms with Crippen LogP contribution in [0.1, 0.15) is 32.1 Å². The van der Waals surface area contributed by atoms with E-state index in [1.54, 1.807) is 0 Å². The maximum atomic E-state index is 13.1. The fourth-order valence-electron chi connectivity index (χ4n) is 3.53. The van der Waals surface area contributed by atoms with Gasteiger partial charge in [0.05, 0.1) is 6.10 Å². The van der Waals surface area contributed by atoms with Crippen LogP contribution in [0, 0.1) is 11.6 Å². The van der Waals surface area contributed by atoms with Gasteiger partial charge in [-0.15, -0.1) is 12.4 Å². The van der Waals surface area contributed by atoms with Crippen molar-refractivity contribution in [1.29, 1.82) is 0 Å². The van der Waals surface area contributed by atoms with Gasteiger partial charge in [0.15, 0.2) is 18.2 Å². The van der Waals surface area contributed by atoms with Crippen LogP contribution >= 0.6 is 12.4 Å². The molecule has 3 fully saturated rings. The summed E-state index contributed by atoms with van der Waals surface area (Å²) in [5, 5.41) is 13.0. The predicted octanol–water partition coefficient (Wildman–Crippen LogP) is 1.66. The van der Waals surface area contributed by atoms with Crippen LogP contribution in [0.3, 0.4) is 0 Å². The van der Waals surface area contributed by atoms with Gasteiger partial charge in [0.1, 0.15) is 5.75 Å². The summed E-state index contributed by atoms with van der Waals surface area (Å²) < 4.78 is 31.1. The zero-order chi connectivity index (χ0) is 16.7. The van der Waals surface area contributed by atoms with E-state index in [9.17, 15) is 18.7 Å². The zero-order valence-electron chi connectivity index (χ0n) is 13.1. The molecule has 3 aliphatic carbocycles. The van der Waals surface area contributed by atoms with Crippen molar-refractivity contribution in [3.63, 3.8) is 0 Å². The van der Waals surface area contributed by atoms with E-state index in [1.165, 1.54) is 6.07 Å². The number of carbonyl (C=O) groups is 1. The SMILES string of the molecule is Cl.NC12CCC(NC(=O)COc3ccc(F)c(F)c3)(CC1)CC2O. The molecule has 0 radical (unpaired) electrons. The van der Waals surface area contributed by atoms with E-state index < -0.39 is 28.8 Å². The Morgan fingerprint density at radius 2 is 1.96 bits per heavy atom. The third-order valence-electron chi connectivity index (χ3n) is 5.05. The molecule has 2 bridgehead atoms. The lowest BCUT2D eigenvalue weighted by Crippen LogP contribution is -2.68. The van der Waals surface area contributed by atoms with Crippen molar-refractivity contribution >= 4 is 18.3 Å². The molecule has 5 nitrogen and oxygen atoms in total. The third kappa shape index (κ3) is 3.63. The molecule has 1 amide bonds. The first-order chi connectivity index (χ1) is 10.8. The molecule has 1 aromatic carbocycles. The smallest absolute Gasteiger partial charge is 0.258 e. The molecule has 3 saturated carbocycles. The van der Waals surface area contributed by atoms with Crippen LogP contribution in [0.5, 0.6) is 5.75 Å². The van der Waals surface area contributed by atoms with E-state index >= 15 is 0 Å². The topological polar surface area (TPSA) is 84.6 Å². The van der Waals surface area contributed by atoms with E-state index in [1.807, 2.05) is 0 Å². The number of nitrogens with one attached hydrogen (secondary N) is 1. The van der Waals surface area contributed by atoms with Crippen molar-refractivity contribution in [2.24, 2.45) is 5.73 Å². The Balaban J connectivity index is 0.00000208. The average Bonchev–Trinajstić information content (AvgIpc) is 2.51. The van der Waals surface area contributed by atoms with E-state index in [4.69, 9.17) is 10.5 Å². The molecule has 4 N–H and O–H groups in total. The quantitative estimate of drug-likeness (QED) is 0.760. The van der Waals surface area contributed by atoms with Gasteiger partial charge in [0.25, 0.3) is 5.91 Å². The highest BCUT2D eigenvalue weighted by molar-refractivity contribution is 5.85. The maximum Gasteiger partial charge on any atom is 0.258 e. The lowest BCUT2D eigenvalue weighted by molar-refractivity contribution is -0.128. The van der Waals surface area contributed by atoms with Gasteiger partial charge in [-0.2, -0.15) is 0 Å². The van der Waals surface area contributed by atoms with Crippen molar-refractivity contribution < 1.29 is 23.4 Å². The number of hydrogen-bond donors (Lipinski definition) is 3. The molecule has 1 aromatic rings. The lowest BCUT2D eigenvalue weighted by atomic mass is 9.60. The van der Waals surface area contributed by atoms with E-state index in [0.29, 0.717) is 19.3 Å². The van der Waals surface area contributed by atoms with Crippen LogP contribution in [0.2, 0.25) is 0 Å². The van der Waals surface area contributed by atoms with Gasteiger partial charge in [-0.3, -0.25) is 4.79 Å². The van der Waals surface area contributed by atoms with Crippen molar-refractivity contribution in [3.05, 3.63) is 29.8 Å². The fraction of sp³-hybridized carbons (Fsp3) is 0.562. The molecule has 0 heterocycles. The number of halogens is 3. The molecule has 134 valence electrons. The van der Waals surface area contributed by atoms with Crippen LogP contribution in [-0.4, -0.2) is 34.8 Å². The van der Waals surface area contributed by atoms with E-state index in [2.05, 4.69) is 5.32 Å². The molecule has 3 aliphatic rings. The molecule has 4 rings (SSSR count). The third-order valence-corrected chi connectivity index (χ3v) is 5.05. The summed E-state index contributed by atoms with van der Waals surface area (Å²) in [5.41, 5.74) is 5.15. The number of fused-ring (bicyclic) bond motifs is 3. The number of aliphatic hydroxyl groups is 1. The summed E-state index contributed by atoms with van der Waals surface area (Å²) in [6.07, 6.45) is 2.57. The number of hydrogen-bond acceptors (Lipinski definition) is 4. The summed E-state index contributed by atoms with van der Waals surface area (Å²) in [6, 6.07) is 3.10. The van der Waals surface area contributed by atoms with Gasteiger partial charge in [-0.1, -0.05) is 0 Å². The van der Waals surface area contributed by atoms with Gasteiger partial charge in [0, 0.05) is 17.1 Å². The van der Waals surface area contributed by atoms with E-state index in [0.717, 1.165) is 25.0 Å². The molecule has 8 heteroatoms. The van der Waals surface area contributed by atoms with Crippen molar-refractivity contribution in [3.8, 4) is 5.75 Å². The van der Waals surface area contributed by atoms with Gasteiger partial charge in [-0.05, 0) is 44.2 Å². The number of rotatable bonds is 4. The monoisotopic (exact) mass is 362 g/mol. The van der Waals surface area contributed by atoms with Gasteiger partial charge in [-0.25, -0.2) is 8.78 Å². The first-order valence-electron chi connectivity index (χ1n) is 7.68. The molecule has 24 heavy (non-hydrogen) atoms. The highest BCUT2D eigenvalue weighted by Crippen LogP contribution is 2.45. The van der Waals surface area contributed by atoms with E-state index in [-0.39, 0.29) is 30.7 Å². The van der Waals surface area contributed by atoms with Gasteiger partial charge < -0.3 is 20.9 Å². The lowest BCUT2D eigenvalue weighted by Gasteiger charge is -2.54. The molecular formula is C16H21ClF2N2O3. The maximum absolute atomic E-state index is 13.1. The highest BCUT2D eigenvalue weighted by atomic mass is 35.5. The zero-order valence-corrected chi connectivity index (χ0v) is 13.9. The van der Waals surface area contributed by atoms with Gasteiger partial charge >= 0.3 is 0 Å².